The molecule has 1 N–H and O–H groups in total. The summed E-state index contributed by atoms with van der Waals surface area (Å²) in [5, 5.41) is 3.48. The molecule has 1 saturated heterocycles. The molecule has 1 heterocycles. The highest BCUT2D eigenvalue weighted by Crippen LogP contribution is 2.25. The molecular weight excluding hydrogens is 172 g/mol. The van der Waals surface area contributed by atoms with Crippen LogP contribution in [0, 0.1) is 0 Å². The number of allylic oxidation sites excluding steroid dienone is 1. The van der Waals surface area contributed by atoms with Gasteiger partial charge in [-0.05, 0) is 33.1 Å². The van der Waals surface area contributed by atoms with Crippen LogP contribution in [0.1, 0.15) is 33.1 Å². The Kier molecular flexibility index (Phi) is 2.93. The van der Waals surface area contributed by atoms with Gasteiger partial charge in [0.15, 0.2) is 0 Å². The summed E-state index contributed by atoms with van der Waals surface area (Å²) in [4.78, 5) is 2.67. The fraction of sp³-hybridized carbons (Fsp3) is 0.833. The highest BCUT2D eigenvalue weighted by Gasteiger charge is 2.33. The second-order valence-corrected chi connectivity index (χ2v) is 5.11. The van der Waals surface area contributed by atoms with Crippen LogP contribution in [0.5, 0.6) is 0 Å². The normalized spacial score (nSPS) is 33.1. The molecular formula is C12H22N2. The molecule has 2 heteroatoms. The quantitative estimate of drug-likeness (QED) is 0.640. The Morgan fingerprint density at radius 2 is 2.29 bits per heavy atom. The lowest BCUT2D eigenvalue weighted by atomic mass is 9.93. The van der Waals surface area contributed by atoms with Gasteiger partial charge in [-0.15, -0.1) is 0 Å². The molecule has 1 fully saturated rings. The lowest BCUT2D eigenvalue weighted by Gasteiger charge is -2.47. The van der Waals surface area contributed by atoms with Gasteiger partial charge in [-0.3, -0.25) is 4.90 Å². The van der Waals surface area contributed by atoms with Gasteiger partial charge in [0.2, 0.25) is 0 Å². The molecule has 14 heavy (non-hydrogen) atoms. The van der Waals surface area contributed by atoms with Crippen molar-refractivity contribution in [3.8, 4) is 0 Å². The van der Waals surface area contributed by atoms with E-state index in [1.54, 1.807) is 0 Å². The minimum Gasteiger partial charge on any atom is -0.314 e. The minimum absolute atomic E-state index is 0.324. The van der Waals surface area contributed by atoms with E-state index in [4.69, 9.17) is 0 Å². The van der Waals surface area contributed by atoms with Gasteiger partial charge < -0.3 is 5.32 Å². The third kappa shape index (κ3) is 2.01. The molecule has 0 bridgehead atoms. The standard InChI is InChI=1S/C12H22N2/c1-12(2)10-13-8-9-14(12)11-6-4-3-5-7-11/h4,6,11,13H,3,5,7-10H2,1-2H3. The number of nitrogens with zero attached hydrogens (tertiary/aromatic N) is 1. The minimum atomic E-state index is 0.324. The van der Waals surface area contributed by atoms with Crippen molar-refractivity contribution in [1.82, 2.24) is 10.2 Å². The van der Waals surface area contributed by atoms with Crippen LogP contribution in [-0.4, -0.2) is 36.1 Å². The molecule has 0 aromatic carbocycles. The molecule has 0 aromatic rings. The topological polar surface area (TPSA) is 15.3 Å². The van der Waals surface area contributed by atoms with Crippen LogP contribution in [-0.2, 0) is 0 Å². The van der Waals surface area contributed by atoms with E-state index in [-0.39, 0.29) is 0 Å². The molecule has 1 atom stereocenters. The summed E-state index contributed by atoms with van der Waals surface area (Å²) in [6, 6.07) is 0.695. The first-order valence-electron chi connectivity index (χ1n) is 5.84. The number of hydrogen-bond acceptors (Lipinski definition) is 2. The first kappa shape index (κ1) is 10.2. The third-order valence-electron chi connectivity index (χ3n) is 3.49. The van der Waals surface area contributed by atoms with Crippen LogP contribution in [0.15, 0.2) is 12.2 Å². The van der Waals surface area contributed by atoms with Crippen LogP contribution in [0.25, 0.3) is 0 Å². The molecule has 2 aliphatic rings. The van der Waals surface area contributed by atoms with Crippen molar-refractivity contribution in [3.05, 3.63) is 12.2 Å². The largest absolute Gasteiger partial charge is 0.314 e. The lowest BCUT2D eigenvalue weighted by Crippen LogP contribution is -2.60. The van der Waals surface area contributed by atoms with E-state index >= 15 is 0 Å². The molecule has 2 nitrogen and oxygen atoms in total. The van der Waals surface area contributed by atoms with Crippen molar-refractivity contribution < 1.29 is 0 Å². The molecule has 2 rings (SSSR count). The summed E-state index contributed by atoms with van der Waals surface area (Å²) < 4.78 is 0. The average molecular weight is 194 g/mol. The van der Waals surface area contributed by atoms with E-state index in [2.05, 4.69) is 36.2 Å². The van der Waals surface area contributed by atoms with Crippen LogP contribution in [0.3, 0.4) is 0 Å². The monoisotopic (exact) mass is 194 g/mol. The molecule has 1 unspecified atom stereocenters. The summed E-state index contributed by atoms with van der Waals surface area (Å²) in [5.41, 5.74) is 0.324. The molecule has 1 aliphatic heterocycles. The zero-order valence-corrected chi connectivity index (χ0v) is 9.42. The zero-order valence-electron chi connectivity index (χ0n) is 9.42. The first-order valence-corrected chi connectivity index (χ1v) is 5.84. The Morgan fingerprint density at radius 3 is 2.93 bits per heavy atom. The van der Waals surface area contributed by atoms with Crippen molar-refractivity contribution in [2.24, 2.45) is 0 Å². The van der Waals surface area contributed by atoms with Gasteiger partial charge in [0, 0.05) is 31.2 Å². The Morgan fingerprint density at radius 1 is 1.43 bits per heavy atom. The van der Waals surface area contributed by atoms with Crippen LogP contribution in [0.4, 0.5) is 0 Å². The molecule has 1 aliphatic carbocycles. The Balaban J connectivity index is 2.06. The summed E-state index contributed by atoms with van der Waals surface area (Å²) in [7, 11) is 0. The maximum absolute atomic E-state index is 3.48. The molecule has 0 aromatic heterocycles. The van der Waals surface area contributed by atoms with Gasteiger partial charge in [0.1, 0.15) is 0 Å². The molecule has 0 spiro atoms. The Hall–Kier alpha value is -0.340. The van der Waals surface area contributed by atoms with E-state index in [9.17, 15) is 0 Å². The predicted octanol–water partition coefficient (Wildman–Crippen LogP) is 1.78. The molecule has 0 radical (unpaired) electrons. The Labute approximate surface area is 87.4 Å². The van der Waals surface area contributed by atoms with E-state index < -0.39 is 0 Å². The molecule has 0 saturated carbocycles. The van der Waals surface area contributed by atoms with Crippen LogP contribution >= 0.6 is 0 Å². The molecule has 80 valence electrons. The van der Waals surface area contributed by atoms with Crippen LogP contribution < -0.4 is 5.32 Å². The molecule has 0 amide bonds. The summed E-state index contributed by atoms with van der Waals surface area (Å²) in [5.74, 6) is 0. The highest BCUT2D eigenvalue weighted by molar-refractivity contribution is 5.03. The summed E-state index contributed by atoms with van der Waals surface area (Å²) >= 11 is 0. The lowest BCUT2D eigenvalue weighted by molar-refractivity contribution is 0.0577. The van der Waals surface area contributed by atoms with Crippen molar-refractivity contribution in [2.75, 3.05) is 19.6 Å². The maximum atomic E-state index is 3.48. The summed E-state index contributed by atoms with van der Waals surface area (Å²) in [6.07, 6.45) is 8.76. The fourth-order valence-electron chi connectivity index (χ4n) is 2.67. The van der Waals surface area contributed by atoms with Gasteiger partial charge >= 0.3 is 0 Å². The number of nitrogens with one attached hydrogen (secondary N) is 1. The van der Waals surface area contributed by atoms with Crippen molar-refractivity contribution >= 4 is 0 Å². The zero-order chi connectivity index (χ0) is 10.0. The number of hydrogen-bond donors (Lipinski definition) is 1. The van der Waals surface area contributed by atoms with Crippen molar-refractivity contribution in [2.45, 2.75) is 44.7 Å². The van der Waals surface area contributed by atoms with E-state index in [1.807, 2.05) is 0 Å². The SMILES string of the molecule is CC1(C)CNCCN1C1C=CCCC1. The summed E-state index contributed by atoms with van der Waals surface area (Å²) in [6.45, 7) is 8.16. The highest BCUT2D eigenvalue weighted by atomic mass is 15.3. The first-order chi connectivity index (χ1) is 6.70. The van der Waals surface area contributed by atoms with E-state index in [1.165, 1.54) is 25.8 Å². The number of piperazine rings is 1. The van der Waals surface area contributed by atoms with Crippen LogP contribution in [0.2, 0.25) is 0 Å². The predicted molar refractivity (Wildman–Crippen MR) is 60.4 cm³/mol. The second kappa shape index (κ2) is 4.03. The number of rotatable bonds is 1. The van der Waals surface area contributed by atoms with E-state index in [0.717, 1.165) is 13.1 Å². The fourth-order valence-corrected chi connectivity index (χ4v) is 2.67. The van der Waals surface area contributed by atoms with E-state index in [0.29, 0.717) is 11.6 Å². The average Bonchev–Trinajstić information content (AvgIpc) is 2.18. The Bertz CT molecular complexity index is 220. The van der Waals surface area contributed by atoms with Gasteiger partial charge in [-0.2, -0.15) is 0 Å². The van der Waals surface area contributed by atoms with Crippen molar-refractivity contribution in [3.63, 3.8) is 0 Å². The second-order valence-electron chi connectivity index (χ2n) is 5.11. The van der Waals surface area contributed by atoms with Gasteiger partial charge in [0.05, 0.1) is 0 Å². The van der Waals surface area contributed by atoms with Gasteiger partial charge in [-0.25, -0.2) is 0 Å². The smallest absolute Gasteiger partial charge is 0.0284 e. The third-order valence-corrected chi connectivity index (χ3v) is 3.49. The van der Waals surface area contributed by atoms with Crippen molar-refractivity contribution in [1.29, 1.82) is 0 Å². The maximum Gasteiger partial charge on any atom is 0.0284 e. The van der Waals surface area contributed by atoms with Gasteiger partial charge in [-0.1, -0.05) is 12.2 Å². The van der Waals surface area contributed by atoms with Gasteiger partial charge in [0.25, 0.3) is 0 Å².